The smallest absolute Gasteiger partial charge is 0.0849 e. The molecule has 0 heterocycles. The SMILES string of the molecule is CC(C)(O)[C@H](O)CC[C@@H](CO)[C@H]1CC[C@@]2(C)[C@@H]3CC[C@H]4C(C)(C)[C@@H](O)CC[C@@]45C[C@@]35CC[C@]12C. The summed E-state index contributed by atoms with van der Waals surface area (Å²) in [6.07, 6.45) is 11.6. The Kier molecular flexibility index (Phi) is 5.76. The zero-order valence-corrected chi connectivity index (χ0v) is 22.7. The molecule has 0 bridgehead atoms. The van der Waals surface area contributed by atoms with Gasteiger partial charge in [-0.3, -0.25) is 0 Å². The van der Waals surface area contributed by atoms with Gasteiger partial charge in [-0.2, -0.15) is 0 Å². The number of fused-ring (bicyclic) bond motifs is 2. The maximum absolute atomic E-state index is 10.9. The van der Waals surface area contributed by atoms with E-state index in [1.165, 1.54) is 51.4 Å². The molecule has 0 saturated heterocycles. The summed E-state index contributed by atoms with van der Waals surface area (Å²) in [5.41, 5.74) is 0.446. The molecule has 10 atom stereocenters. The summed E-state index contributed by atoms with van der Waals surface area (Å²) in [4.78, 5) is 0. The molecule has 5 fully saturated rings. The number of aliphatic hydroxyl groups is 4. The third kappa shape index (κ3) is 3.10. The summed E-state index contributed by atoms with van der Waals surface area (Å²) < 4.78 is 0. The first kappa shape index (κ1) is 25.5. The molecule has 4 N–H and O–H groups in total. The zero-order valence-electron chi connectivity index (χ0n) is 22.7. The molecule has 0 amide bonds. The van der Waals surface area contributed by atoms with Crippen LogP contribution in [0.3, 0.4) is 0 Å². The van der Waals surface area contributed by atoms with Gasteiger partial charge < -0.3 is 20.4 Å². The first-order valence-corrected chi connectivity index (χ1v) is 14.4. The molecular weight excluding hydrogens is 424 g/mol. The van der Waals surface area contributed by atoms with Crippen molar-refractivity contribution in [1.82, 2.24) is 0 Å². The van der Waals surface area contributed by atoms with Crippen molar-refractivity contribution >= 4 is 0 Å². The third-order valence-electron chi connectivity index (χ3n) is 13.6. The molecule has 0 aromatic carbocycles. The van der Waals surface area contributed by atoms with E-state index in [0.29, 0.717) is 34.5 Å². The number of aliphatic hydroxyl groups excluding tert-OH is 3. The topological polar surface area (TPSA) is 80.9 Å². The van der Waals surface area contributed by atoms with Crippen LogP contribution in [0.15, 0.2) is 0 Å². The van der Waals surface area contributed by atoms with Crippen molar-refractivity contribution in [2.45, 2.75) is 130 Å². The zero-order chi connectivity index (χ0) is 24.9. The average molecular weight is 477 g/mol. The van der Waals surface area contributed by atoms with E-state index in [1.807, 2.05) is 0 Å². The molecule has 4 nitrogen and oxygen atoms in total. The highest BCUT2D eigenvalue weighted by atomic mass is 16.3. The summed E-state index contributed by atoms with van der Waals surface area (Å²) in [6.45, 7) is 13.4. The quantitative estimate of drug-likeness (QED) is 0.419. The highest BCUT2D eigenvalue weighted by Crippen LogP contribution is 2.89. The van der Waals surface area contributed by atoms with Gasteiger partial charge in [0.1, 0.15) is 0 Å². The van der Waals surface area contributed by atoms with E-state index in [9.17, 15) is 20.4 Å². The van der Waals surface area contributed by atoms with Crippen LogP contribution in [0.5, 0.6) is 0 Å². The van der Waals surface area contributed by atoms with Crippen LogP contribution in [0, 0.1) is 50.7 Å². The van der Waals surface area contributed by atoms with Gasteiger partial charge in [-0.1, -0.05) is 27.7 Å². The molecule has 0 radical (unpaired) electrons. The van der Waals surface area contributed by atoms with Crippen LogP contribution in [0.2, 0.25) is 0 Å². The minimum atomic E-state index is -1.09. The lowest BCUT2D eigenvalue weighted by atomic mass is 9.41. The Morgan fingerprint density at radius 2 is 1.47 bits per heavy atom. The Balaban J connectivity index is 1.38. The highest BCUT2D eigenvalue weighted by molar-refractivity contribution is 5.30. The predicted molar refractivity (Wildman–Crippen MR) is 135 cm³/mol. The van der Waals surface area contributed by atoms with Crippen LogP contribution in [-0.2, 0) is 0 Å². The minimum absolute atomic E-state index is 0.0376. The molecule has 2 spiro atoms. The first-order chi connectivity index (χ1) is 15.7. The summed E-state index contributed by atoms with van der Waals surface area (Å²) in [7, 11) is 0. The molecule has 0 unspecified atom stereocenters. The average Bonchev–Trinajstić information content (AvgIpc) is 3.35. The van der Waals surface area contributed by atoms with Gasteiger partial charge in [0.05, 0.1) is 17.8 Å². The van der Waals surface area contributed by atoms with Crippen LogP contribution in [0.4, 0.5) is 0 Å². The van der Waals surface area contributed by atoms with Crippen LogP contribution in [-0.4, -0.2) is 44.8 Å². The lowest BCUT2D eigenvalue weighted by Gasteiger charge is -2.63. The Bertz CT molecular complexity index is 802. The molecule has 0 aromatic heterocycles. The van der Waals surface area contributed by atoms with E-state index in [4.69, 9.17) is 0 Å². The van der Waals surface area contributed by atoms with Gasteiger partial charge >= 0.3 is 0 Å². The van der Waals surface area contributed by atoms with Crippen LogP contribution in [0.1, 0.15) is 112 Å². The van der Waals surface area contributed by atoms with Gasteiger partial charge in [0.25, 0.3) is 0 Å². The van der Waals surface area contributed by atoms with E-state index in [0.717, 1.165) is 18.8 Å². The maximum Gasteiger partial charge on any atom is 0.0849 e. The summed E-state index contributed by atoms with van der Waals surface area (Å²) in [5, 5.41) is 41.9. The number of hydrogen-bond acceptors (Lipinski definition) is 4. The fourth-order valence-electron chi connectivity index (χ4n) is 11.3. The van der Waals surface area contributed by atoms with Crippen LogP contribution in [0.25, 0.3) is 0 Å². The van der Waals surface area contributed by atoms with Crippen molar-refractivity contribution in [3.8, 4) is 0 Å². The molecule has 5 saturated carbocycles. The molecule has 0 aliphatic heterocycles. The molecular formula is C30H52O4. The van der Waals surface area contributed by atoms with Gasteiger partial charge in [-0.15, -0.1) is 0 Å². The van der Waals surface area contributed by atoms with Crippen molar-refractivity contribution < 1.29 is 20.4 Å². The van der Waals surface area contributed by atoms with Gasteiger partial charge in [-0.25, -0.2) is 0 Å². The Morgan fingerprint density at radius 1 is 0.824 bits per heavy atom. The molecule has 196 valence electrons. The normalized spacial score (nSPS) is 51.0. The van der Waals surface area contributed by atoms with E-state index >= 15 is 0 Å². The van der Waals surface area contributed by atoms with Gasteiger partial charge in [-0.05, 0) is 135 Å². The number of rotatable bonds is 6. The molecule has 5 rings (SSSR count). The van der Waals surface area contributed by atoms with Gasteiger partial charge in [0.15, 0.2) is 0 Å². The van der Waals surface area contributed by atoms with Gasteiger partial charge in [0, 0.05) is 6.61 Å². The van der Waals surface area contributed by atoms with E-state index in [-0.39, 0.29) is 29.5 Å². The summed E-state index contributed by atoms with van der Waals surface area (Å²) in [6, 6.07) is 0. The lowest BCUT2D eigenvalue weighted by molar-refractivity contribution is -0.163. The largest absolute Gasteiger partial charge is 0.396 e. The van der Waals surface area contributed by atoms with Crippen molar-refractivity contribution in [3.63, 3.8) is 0 Å². The van der Waals surface area contributed by atoms with Crippen molar-refractivity contribution in [2.24, 2.45) is 50.7 Å². The van der Waals surface area contributed by atoms with E-state index < -0.39 is 11.7 Å². The minimum Gasteiger partial charge on any atom is -0.396 e. The fourth-order valence-corrected chi connectivity index (χ4v) is 11.3. The predicted octanol–water partition coefficient (Wildman–Crippen LogP) is 5.31. The molecule has 4 heteroatoms. The summed E-state index contributed by atoms with van der Waals surface area (Å²) in [5.74, 6) is 2.13. The van der Waals surface area contributed by atoms with Crippen molar-refractivity contribution in [2.75, 3.05) is 6.61 Å². The second-order valence-corrected chi connectivity index (χ2v) is 15.2. The standard InChI is InChI=1S/C30H52O4/c1-25(2)21-8-9-22-28(6)13-11-20(19(17-31)7-10-24(33)26(3,4)34)27(28,5)15-16-30(22)18-29(21,30)14-12-23(25)32/h19-24,31-34H,7-18H2,1-6H3/t19-,20+,21-,22-,23-,24+,27+,28-,29+,30-/m0/s1. The maximum atomic E-state index is 10.9. The molecule has 5 aliphatic carbocycles. The molecule has 34 heavy (non-hydrogen) atoms. The van der Waals surface area contributed by atoms with E-state index in [1.54, 1.807) is 13.8 Å². The van der Waals surface area contributed by atoms with Crippen molar-refractivity contribution in [1.29, 1.82) is 0 Å². The Hall–Kier alpha value is -0.160. The highest BCUT2D eigenvalue weighted by Gasteiger charge is 2.82. The second-order valence-electron chi connectivity index (χ2n) is 15.2. The summed E-state index contributed by atoms with van der Waals surface area (Å²) >= 11 is 0. The van der Waals surface area contributed by atoms with Crippen LogP contribution >= 0.6 is 0 Å². The monoisotopic (exact) mass is 476 g/mol. The Labute approximate surface area is 207 Å². The van der Waals surface area contributed by atoms with Crippen molar-refractivity contribution in [3.05, 3.63) is 0 Å². The van der Waals surface area contributed by atoms with E-state index in [2.05, 4.69) is 27.7 Å². The molecule has 5 aliphatic rings. The first-order valence-electron chi connectivity index (χ1n) is 14.4. The lowest BCUT2D eigenvalue weighted by Crippen LogP contribution is -2.57. The second kappa shape index (κ2) is 7.68. The van der Waals surface area contributed by atoms with Crippen LogP contribution < -0.4 is 0 Å². The fraction of sp³-hybridized carbons (Fsp3) is 1.00. The molecule has 0 aromatic rings. The van der Waals surface area contributed by atoms with Gasteiger partial charge in [0.2, 0.25) is 0 Å². The third-order valence-corrected chi connectivity index (χ3v) is 13.6. The number of hydrogen-bond donors (Lipinski definition) is 4. The Morgan fingerprint density at radius 3 is 2.12 bits per heavy atom.